The van der Waals surface area contributed by atoms with Crippen molar-refractivity contribution in [3.63, 3.8) is 0 Å². The largest absolute Gasteiger partial charge is 0.469 e. The van der Waals surface area contributed by atoms with Crippen LogP contribution in [0.1, 0.15) is 31.7 Å². The van der Waals surface area contributed by atoms with E-state index in [9.17, 15) is 14.4 Å². The molecule has 0 saturated heterocycles. The highest BCUT2D eigenvalue weighted by molar-refractivity contribution is 6.05. The number of fused-ring (bicyclic) bond motifs is 1. The first-order valence-electron chi connectivity index (χ1n) is 9.17. The fourth-order valence-electron chi connectivity index (χ4n) is 3.44. The lowest BCUT2D eigenvalue weighted by atomic mass is 9.90. The number of carbonyl (C=O) groups is 3. The van der Waals surface area contributed by atoms with Crippen molar-refractivity contribution in [2.45, 2.75) is 32.6 Å². The first-order chi connectivity index (χ1) is 13.0. The zero-order valence-corrected chi connectivity index (χ0v) is 15.7. The number of para-hydroxylation sites is 1. The van der Waals surface area contributed by atoms with E-state index in [1.54, 1.807) is 11.1 Å². The summed E-state index contributed by atoms with van der Waals surface area (Å²) in [5.74, 6) is -0.680. The number of nitrogens with zero attached hydrogens (tertiary/aromatic N) is 1. The lowest BCUT2D eigenvalue weighted by Crippen LogP contribution is -2.36. The summed E-state index contributed by atoms with van der Waals surface area (Å²) in [5, 5.41) is 1.03. The predicted molar refractivity (Wildman–Crippen MR) is 102 cm³/mol. The summed E-state index contributed by atoms with van der Waals surface area (Å²) in [7, 11) is 1.26. The first kappa shape index (κ1) is 18.9. The van der Waals surface area contributed by atoms with E-state index in [0.29, 0.717) is 18.5 Å². The number of ketones is 1. The number of ether oxygens (including phenoxy) is 1. The van der Waals surface area contributed by atoms with E-state index in [0.717, 1.165) is 22.9 Å². The van der Waals surface area contributed by atoms with Gasteiger partial charge in [-0.3, -0.25) is 14.4 Å². The van der Waals surface area contributed by atoms with Gasteiger partial charge in [0.05, 0.1) is 13.5 Å². The lowest BCUT2D eigenvalue weighted by molar-refractivity contribution is -0.142. The zero-order valence-electron chi connectivity index (χ0n) is 15.7. The highest BCUT2D eigenvalue weighted by Crippen LogP contribution is 2.26. The summed E-state index contributed by atoms with van der Waals surface area (Å²) in [6.45, 7) is 2.63. The molecule has 1 atom stereocenters. The molecule has 1 aromatic carbocycles. The Hall–Kier alpha value is -2.89. The van der Waals surface area contributed by atoms with Crippen LogP contribution in [0.15, 0.2) is 42.2 Å². The molecule has 2 heterocycles. The summed E-state index contributed by atoms with van der Waals surface area (Å²) >= 11 is 0. The Morgan fingerprint density at radius 1 is 1.26 bits per heavy atom. The monoisotopic (exact) mass is 368 g/mol. The molecule has 1 unspecified atom stereocenters. The molecule has 1 aliphatic heterocycles. The van der Waals surface area contributed by atoms with Gasteiger partial charge in [0, 0.05) is 35.4 Å². The molecule has 3 rings (SSSR count). The van der Waals surface area contributed by atoms with E-state index < -0.39 is 5.97 Å². The minimum absolute atomic E-state index is 0.0544. The Morgan fingerprint density at radius 3 is 2.78 bits per heavy atom. The summed E-state index contributed by atoms with van der Waals surface area (Å²) in [6, 6.07) is 7.85. The van der Waals surface area contributed by atoms with Crippen LogP contribution in [-0.2, 0) is 25.5 Å². The molecule has 0 spiro atoms. The molecule has 1 N–H and O–H groups in total. The van der Waals surface area contributed by atoms with Gasteiger partial charge in [-0.05, 0) is 24.0 Å². The SMILES string of the molecule is CCC1CC(C(=O)CC(=O)OC)=CN(C(=O)Cc2c[nH]c3ccccc23)C1. The number of rotatable bonds is 6. The maximum absolute atomic E-state index is 12.9. The maximum Gasteiger partial charge on any atom is 0.313 e. The van der Waals surface area contributed by atoms with Gasteiger partial charge in [-0.2, -0.15) is 0 Å². The molecule has 0 radical (unpaired) electrons. The topological polar surface area (TPSA) is 79.5 Å². The maximum atomic E-state index is 12.9. The number of Topliss-reactive ketones (excluding diaryl/α,β-unsaturated/α-hetero) is 1. The summed E-state index contributed by atoms with van der Waals surface area (Å²) in [6.07, 6.45) is 4.90. The third kappa shape index (κ3) is 4.27. The molecule has 0 bridgehead atoms. The van der Waals surface area contributed by atoms with Gasteiger partial charge in [0.2, 0.25) is 5.91 Å². The van der Waals surface area contributed by atoms with Crippen LogP contribution < -0.4 is 0 Å². The highest BCUT2D eigenvalue weighted by Gasteiger charge is 2.27. The molecule has 6 nitrogen and oxygen atoms in total. The van der Waals surface area contributed by atoms with Crippen LogP contribution in [-0.4, -0.2) is 41.2 Å². The summed E-state index contributed by atoms with van der Waals surface area (Å²) < 4.78 is 4.58. The van der Waals surface area contributed by atoms with E-state index in [-0.39, 0.29) is 30.4 Å². The van der Waals surface area contributed by atoms with Crippen molar-refractivity contribution < 1.29 is 19.1 Å². The molecule has 27 heavy (non-hydrogen) atoms. The van der Waals surface area contributed by atoms with Gasteiger partial charge >= 0.3 is 5.97 Å². The zero-order chi connectivity index (χ0) is 19.4. The second-order valence-electron chi connectivity index (χ2n) is 6.89. The molecule has 142 valence electrons. The fraction of sp³-hybridized carbons (Fsp3) is 0.381. The van der Waals surface area contributed by atoms with Crippen molar-refractivity contribution in [2.24, 2.45) is 5.92 Å². The van der Waals surface area contributed by atoms with E-state index in [1.165, 1.54) is 7.11 Å². The standard InChI is InChI=1S/C21H24N2O4/c1-3-14-8-16(19(24)10-21(26)27-2)13-23(12-14)20(25)9-15-11-22-18-7-5-4-6-17(15)18/h4-7,11,13-14,22H,3,8-10,12H2,1-2H3. The van der Waals surface area contributed by atoms with Crippen LogP contribution in [0, 0.1) is 5.92 Å². The number of carbonyl (C=O) groups excluding carboxylic acids is 3. The third-order valence-electron chi connectivity index (χ3n) is 5.08. The highest BCUT2D eigenvalue weighted by atomic mass is 16.5. The van der Waals surface area contributed by atoms with Crippen molar-refractivity contribution in [3.8, 4) is 0 Å². The number of aromatic amines is 1. The van der Waals surface area contributed by atoms with Gasteiger partial charge in [0.1, 0.15) is 6.42 Å². The summed E-state index contributed by atoms with van der Waals surface area (Å²) in [5.41, 5.74) is 2.45. The molecule has 1 aliphatic rings. The predicted octanol–water partition coefficient (Wildman–Crippen LogP) is 2.99. The minimum Gasteiger partial charge on any atom is -0.469 e. The molecule has 0 aliphatic carbocycles. The van der Waals surface area contributed by atoms with E-state index in [1.807, 2.05) is 37.4 Å². The van der Waals surface area contributed by atoms with Crippen LogP contribution in [0.2, 0.25) is 0 Å². The fourth-order valence-corrected chi connectivity index (χ4v) is 3.44. The Labute approximate surface area is 158 Å². The molecular formula is C21H24N2O4. The second kappa shape index (κ2) is 8.20. The van der Waals surface area contributed by atoms with Crippen LogP contribution >= 0.6 is 0 Å². The molecule has 1 aromatic heterocycles. The van der Waals surface area contributed by atoms with Gasteiger partial charge in [-0.15, -0.1) is 0 Å². The number of amides is 1. The molecular weight excluding hydrogens is 344 g/mol. The number of H-pyrrole nitrogens is 1. The Kier molecular flexibility index (Phi) is 5.74. The van der Waals surface area contributed by atoms with E-state index >= 15 is 0 Å². The smallest absolute Gasteiger partial charge is 0.313 e. The van der Waals surface area contributed by atoms with Gasteiger partial charge in [0.15, 0.2) is 5.78 Å². The molecule has 0 fully saturated rings. The number of hydrogen-bond acceptors (Lipinski definition) is 4. The Bertz CT molecular complexity index is 896. The molecule has 2 aromatic rings. The number of nitrogens with one attached hydrogen (secondary N) is 1. The van der Waals surface area contributed by atoms with Gasteiger partial charge in [0.25, 0.3) is 0 Å². The Balaban J connectivity index is 1.78. The van der Waals surface area contributed by atoms with Crippen LogP contribution in [0.5, 0.6) is 0 Å². The quantitative estimate of drug-likeness (QED) is 0.628. The third-order valence-corrected chi connectivity index (χ3v) is 5.08. The number of hydrogen-bond donors (Lipinski definition) is 1. The molecule has 1 amide bonds. The Morgan fingerprint density at radius 2 is 2.04 bits per heavy atom. The van der Waals surface area contributed by atoms with Crippen LogP contribution in [0.3, 0.4) is 0 Å². The number of esters is 1. The van der Waals surface area contributed by atoms with Gasteiger partial charge in [-0.25, -0.2) is 0 Å². The average molecular weight is 368 g/mol. The minimum atomic E-state index is -0.559. The molecule has 6 heteroatoms. The number of aromatic nitrogens is 1. The van der Waals surface area contributed by atoms with Crippen molar-refractivity contribution in [3.05, 3.63) is 47.8 Å². The molecule has 0 saturated carbocycles. The van der Waals surface area contributed by atoms with Crippen molar-refractivity contribution >= 4 is 28.6 Å². The van der Waals surface area contributed by atoms with E-state index in [4.69, 9.17) is 0 Å². The van der Waals surface area contributed by atoms with Crippen molar-refractivity contribution in [1.29, 1.82) is 0 Å². The van der Waals surface area contributed by atoms with Crippen LogP contribution in [0.4, 0.5) is 0 Å². The van der Waals surface area contributed by atoms with Gasteiger partial charge < -0.3 is 14.6 Å². The second-order valence-corrected chi connectivity index (χ2v) is 6.89. The number of benzene rings is 1. The van der Waals surface area contributed by atoms with Crippen molar-refractivity contribution in [2.75, 3.05) is 13.7 Å². The number of allylic oxidation sites excluding steroid dienone is 1. The normalized spacial score (nSPS) is 16.9. The van der Waals surface area contributed by atoms with Crippen molar-refractivity contribution in [1.82, 2.24) is 9.88 Å². The van der Waals surface area contributed by atoms with E-state index in [2.05, 4.69) is 9.72 Å². The lowest BCUT2D eigenvalue weighted by Gasteiger charge is -2.30. The summed E-state index contributed by atoms with van der Waals surface area (Å²) in [4.78, 5) is 41.5. The first-order valence-corrected chi connectivity index (χ1v) is 9.17. The van der Waals surface area contributed by atoms with Gasteiger partial charge in [-0.1, -0.05) is 31.5 Å². The van der Waals surface area contributed by atoms with Crippen LogP contribution in [0.25, 0.3) is 10.9 Å². The number of methoxy groups -OCH3 is 1. The average Bonchev–Trinajstić information content (AvgIpc) is 3.10.